The van der Waals surface area contributed by atoms with E-state index in [1.807, 2.05) is 6.92 Å². The first-order valence-electron chi connectivity index (χ1n) is 8.13. The minimum atomic E-state index is -1.11. The summed E-state index contributed by atoms with van der Waals surface area (Å²) in [6, 6.07) is -0.150. The van der Waals surface area contributed by atoms with Crippen LogP contribution in [0.2, 0.25) is 0 Å². The molecule has 1 aliphatic heterocycles. The van der Waals surface area contributed by atoms with Crippen molar-refractivity contribution < 1.29 is 9.90 Å². The number of carbonyl (C=O) groups excluding carboxylic acids is 1. The highest BCUT2D eigenvalue weighted by Crippen LogP contribution is 2.19. The molecule has 1 saturated heterocycles. The molecule has 1 fully saturated rings. The molecular weight excluding hydrogens is 280 g/mol. The summed E-state index contributed by atoms with van der Waals surface area (Å²) in [6.45, 7) is 5.79. The molecule has 6 heteroatoms. The molecule has 2 unspecified atom stereocenters. The van der Waals surface area contributed by atoms with E-state index in [4.69, 9.17) is 0 Å². The zero-order chi connectivity index (χ0) is 16.2. The Kier molecular flexibility index (Phi) is 5.58. The predicted molar refractivity (Wildman–Crippen MR) is 85.3 cm³/mol. The Morgan fingerprint density at radius 3 is 2.59 bits per heavy atom. The van der Waals surface area contributed by atoms with E-state index < -0.39 is 5.60 Å². The summed E-state index contributed by atoms with van der Waals surface area (Å²) in [7, 11) is 1.81. The second-order valence-electron chi connectivity index (χ2n) is 6.52. The second kappa shape index (κ2) is 7.24. The zero-order valence-corrected chi connectivity index (χ0v) is 13.9. The van der Waals surface area contributed by atoms with Crippen molar-refractivity contribution in [1.29, 1.82) is 0 Å². The molecule has 124 valence electrons. The molecule has 0 aromatic carbocycles. The molecule has 2 N–H and O–H groups in total. The first-order valence-corrected chi connectivity index (χ1v) is 8.13. The monoisotopic (exact) mass is 308 g/mol. The highest BCUT2D eigenvalue weighted by Gasteiger charge is 2.28. The Hall–Kier alpha value is -1.40. The summed E-state index contributed by atoms with van der Waals surface area (Å²) in [5, 5.41) is 17.4. The van der Waals surface area contributed by atoms with Gasteiger partial charge in [0.05, 0.1) is 18.8 Å². The molecule has 0 aliphatic carbocycles. The normalized spacial score (nSPS) is 20.9. The average molecular weight is 308 g/mol. The van der Waals surface area contributed by atoms with E-state index in [1.165, 1.54) is 12.8 Å². The summed E-state index contributed by atoms with van der Waals surface area (Å²) < 4.78 is 1.64. The Labute approximate surface area is 132 Å². The number of hydrogen-bond acceptors (Lipinski definition) is 4. The SMILES string of the molecule is CC(C(=O)NCC(C)(O)c1cnn(C)c1)N1CCCCCC1. The van der Waals surface area contributed by atoms with E-state index in [0.29, 0.717) is 5.56 Å². The standard InChI is InChI=1S/C16H28N4O2/c1-13(20-8-6-4-5-7-9-20)15(21)17-12-16(2,22)14-10-18-19(3)11-14/h10-11,13,22H,4-9,12H2,1-3H3,(H,17,21). The van der Waals surface area contributed by atoms with E-state index >= 15 is 0 Å². The molecule has 1 amide bonds. The van der Waals surface area contributed by atoms with Gasteiger partial charge in [0.2, 0.25) is 5.91 Å². The fraction of sp³-hybridized carbons (Fsp3) is 0.750. The van der Waals surface area contributed by atoms with Gasteiger partial charge < -0.3 is 10.4 Å². The molecule has 1 aromatic heterocycles. The average Bonchev–Trinajstić information content (AvgIpc) is 2.76. The highest BCUT2D eigenvalue weighted by molar-refractivity contribution is 5.81. The van der Waals surface area contributed by atoms with Crippen LogP contribution in [0.25, 0.3) is 0 Å². The van der Waals surface area contributed by atoms with Gasteiger partial charge in [-0.05, 0) is 39.8 Å². The molecule has 1 aromatic rings. The number of aliphatic hydroxyl groups is 1. The largest absolute Gasteiger partial charge is 0.383 e. The molecule has 22 heavy (non-hydrogen) atoms. The van der Waals surface area contributed by atoms with Crippen LogP contribution in [0.5, 0.6) is 0 Å². The van der Waals surface area contributed by atoms with Crippen LogP contribution in [0, 0.1) is 0 Å². The summed E-state index contributed by atoms with van der Waals surface area (Å²) in [6.07, 6.45) is 8.21. The fourth-order valence-corrected chi connectivity index (χ4v) is 2.86. The lowest BCUT2D eigenvalue weighted by atomic mass is 9.99. The number of likely N-dealkylation sites (tertiary alicyclic amines) is 1. The van der Waals surface area contributed by atoms with Gasteiger partial charge in [0, 0.05) is 18.8 Å². The Bertz CT molecular complexity index is 490. The van der Waals surface area contributed by atoms with E-state index in [2.05, 4.69) is 15.3 Å². The van der Waals surface area contributed by atoms with Crippen LogP contribution in [0.1, 0.15) is 45.1 Å². The van der Waals surface area contributed by atoms with Gasteiger partial charge in [-0.25, -0.2) is 0 Å². The van der Waals surface area contributed by atoms with E-state index in [1.54, 1.807) is 31.0 Å². The molecule has 0 spiro atoms. The summed E-state index contributed by atoms with van der Waals surface area (Å²) >= 11 is 0. The van der Waals surface area contributed by atoms with E-state index in [-0.39, 0.29) is 18.5 Å². The van der Waals surface area contributed by atoms with Crippen LogP contribution in [-0.4, -0.2) is 51.4 Å². The Balaban J connectivity index is 1.88. The Morgan fingerprint density at radius 2 is 2.05 bits per heavy atom. The van der Waals surface area contributed by atoms with Crippen LogP contribution in [-0.2, 0) is 17.4 Å². The summed E-state index contributed by atoms with van der Waals surface area (Å²) in [5.41, 5.74) is -0.402. The van der Waals surface area contributed by atoms with Gasteiger partial charge in [-0.2, -0.15) is 5.10 Å². The van der Waals surface area contributed by atoms with Gasteiger partial charge in [-0.3, -0.25) is 14.4 Å². The topological polar surface area (TPSA) is 70.4 Å². The fourth-order valence-electron chi connectivity index (χ4n) is 2.86. The third-order valence-corrected chi connectivity index (χ3v) is 4.50. The lowest BCUT2D eigenvalue weighted by Gasteiger charge is -2.28. The van der Waals surface area contributed by atoms with Gasteiger partial charge in [-0.1, -0.05) is 12.8 Å². The number of aromatic nitrogens is 2. The van der Waals surface area contributed by atoms with Crippen molar-refractivity contribution in [3.63, 3.8) is 0 Å². The molecule has 2 heterocycles. The van der Waals surface area contributed by atoms with Crippen molar-refractivity contribution in [3.05, 3.63) is 18.0 Å². The maximum Gasteiger partial charge on any atom is 0.237 e. The van der Waals surface area contributed by atoms with Crippen molar-refractivity contribution in [2.24, 2.45) is 7.05 Å². The van der Waals surface area contributed by atoms with Gasteiger partial charge in [0.1, 0.15) is 5.60 Å². The molecule has 0 radical (unpaired) electrons. The first kappa shape index (κ1) is 17.0. The predicted octanol–water partition coefficient (Wildman–Crippen LogP) is 1.01. The lowest BCUT2D eigenvalue weighted by molar-refractivity contribution is -0.127. The van der Waals surface area contributed by atoms with Crippen molar-refractivity contribution in [2.75, 3.05) is 19.6 Å². The van der Waals surface area contributed by atoms with E-state index in [9.17, 15) is 9.90 Å². The van der Waals surface area contributed by atoms with Gasteiger partial charge in [0.15, 0.2) is 0 Å². The Morgan fingerprint density at radius 1 is 1.41 bits per heavy atom. The number of carbonyl (C=O) groups is 1. The third-order valence-electron chi connectivity index (χ3n) is 4.50. The minimum Gasteiger partial charge on any atom is -0.383 e. The van der Waals surface area contributed by atoms with Crippen LogP contribution >= 0.6 is 0 Å². The van der Waals surface area contributed by atoms with Crippen LogP contribution in [0.3, 0.4) is 0 Å². The van der Waals surface area contributed by atoms with Crippen molar-refractivity contribution in [1.82, 2.24) is 20.0 Å². The van der Waals surface area contributed by atoms with Crippen LogP contribution in [0.15, 0.2) is 12.4 Å². The molecule has 1 aliphatic rings. The highest BCUT2D eigenvalue weighted by atomic mass is 16.3. The van der Waals surface area contributed by atoms with Gasteiger partial charge in [0.25, 0.3) is 0 Å². The maximum absolute atomic E-state index is 12.4. The zero-order valence-electron chi connectivity index (χ0n) is 13.9. The quantitative estimate of drug-likeness (QED) is 0.852. The van der Waals surface area contributed by atoms with Gasteiger partial charge in [-0.15, -0.1) is 0 Å². The maximum atomic E-state index is 12.4. The van der Waals surface area contributed by atoms with E-state index in [0.717, 1.165) is 25.9 Å². The van der Waals surface area contributed by atoms with Crippen LogP contribution in [0.4, 0.5) is 0 Å². The van der Waals surface area contributed by atoms with Crippen molar-refractivity contribution in [2.45, 2.75) is 51.2 Å². The summed E-state index contributed by atoms with van der Waals surface area (Å²) in [5.74, 6) is -0.0222. The number of nitrogens with one attached hydrogen (secondary N) is 1. The minimum absolute atomic E-state index is 0.0222. The smallest absolute Gasteiger partial charge is 0.237 e. The van der Waals surface area contributed by atoms with Gasteiger partial charge >= 0.3 is 0 Å². The van der Waals surface area contributed by atoms with Crippen molar-refractivity contribution in [3.8, 4) is 0 Å². The molecular formula is C16H28N4O2. The molecule has 2 rings (SSSR count). The number of amides is 1. The molecule has 2 atom stereocenters. The lowest BCUT2D eigenvalue weighted by Crippen LogP contribution is -2.48. The number of rotatable bonds is 5. The molecule has 6 nitrogen and oxygen atoms in total. The number of aryl methyl sites for hydroxylation is 1. The number of nitrogens with zero attached hydrogens (tertiary/aromatic N) is 3. The molecule has 0 saturated carbocycles. The summed E-state index contributed by atoms with van der Waals surface area (Å²) in [4.78, 5) is 14.6. The third kappa shape index (κ3) is 4.30. The second-order valence-corrected chi connectivity index (χ2v) is 6.52. The van der Waals surface area contributed by atoms with Crippen LogP contribution < -0.4 is 5.32 Å². The first-order chi connectivity index (χ1) is 10.4. The van der Waals surface area contributed by atoms with Crippen molar-refractivity contribution >= 4 is 5.91 Å². The number of hydrogen-bond donors (Lipinski definition) is 2. The molecule has 0 bridgehead atoms.